The number of nitrogens with zero attached hydrogens (tertiary/aromatic N) is 3. The lowest BCUT2D eigenvalue weighted by molar-refractivity contribution is -0.135. The van der Waals surface area contributed by atoms with Crippen LogP contribution in [0.1, 0.15) is 83.3 Å². The van der Waals surface area contributed by atoms with Gasteiger partial charge in [-0.25, -0.2) is 0 Å². The first-order valence-electron chi connectivity index (χ1n) is 11.8. The van der Waals surface area contributed by atoms with Crippen LogP contribution in [0.5, 0.6) is 0 Å². The van der Waals surface area contributed by atoms with Crippen LogP contribution in [0.2, 0.25) is 0 Å². The van der Waals surface area contributed by atoms with E-state index in [1.807, 2.05) is 0 Å². The molecule has 0 aromatic carbocycles. The summed E-state index contributed by atoms with van der Waals surface area (Å²) >= 11 is 0. The number of carbonyl (C=O) groups is 2. The summed E-state index contributed by atoms with van der Waals surface area (Å²) < 4.78 is 4.99. The molecule has 1 aromatic rings. The number of nitrogens with one attached hydrogen (secondary N) is 1. The van der Waals surface area contributed by atoms with Crippen LogP contribution in [0.25, 0.3) is 0 Å². The highest BCUT2D eigenvalue weighted by Crippen LogP contribution is 2.12. The molecule has 2 amide bonds. The molecular weight excluding hydrogens is 380 g/mol. The molecule has 1 saturated heterocycles. The highest BCUT2D eigenvalue weighted by molar-refractivity contribution is 5.93. The normalized spacial score (nSPS) is 14.6. The van der Waals surface area contributed by atoms with Crippen molar-refractivity contribution in [1.29, 1.82) is 0 Å². The number of anilines is 1. The molecule has 1 N–H and O–H groups in total. The van der Waals surface area contributed by atoms with Gasteiger partial charge in [0.25, 0.3) is 0 Å². The predicted molar refractivity (Wildman–Crippen MR) is 119 cm³/mol. The molecule has 0 radical (unpaired) electrons. The number of unbranched alkanes of at least 4 members (excludes halogenated alkanes) is 6. The van der Waals surface area contributed by atoms with E-state index < -0.39 is 0 Å². The second-order valence-corrected chi connectivity index (χ2v) is 8.46. The quantitative estimate of drug-likeness (QED) is 0.452. The van der Waals surface area contributed by atoms with Crippen molar-refractivity contribution in [3.05, 3.63) is 11.8 Å². The van der Waals surface area contributed by atoms with Gasteiger partial charge in [0, 0.05) is 25.6 Å². The fraction of sp³-hybridized carbons (Fsp3) is 0.783. The number of hydrogen-bond acceptors (Lipinski definition) is 5. The Bertz CT molecular complexity index is 626. The van der Waals surface area contributed by atoms with Crippen molar-refractivity contribution in [2.45, 2.75) is 84.5 Å². The zero-order chi connectivity index (χ0) is 21.6. The Morgan fingerprint density at radius 3 is 2.47 bits per heavy atom. The predicted octanol–water partition coefficient (Wildman–Crippen LogP) is 4.38. The third kappa shape index (κ3) is 9.74. The summed E-state index contributed by atoms with van der Waals surface area (Å²) in [7, 11) is 0. The maximum Gasteiger partial charge on any atom is 0.245 e. The third-order valence-corrected chi connectivity index (χ3v) is 5.71. The molecule has 1 aliphatic heterocycles. The molecule has 1 aliphatic rings. The van der Waals surface area contributed by atoms with Gasteiger partial charge < -0.3 is 19.6 Å². The van der Waals surface area contributed by atoms with Gasteiger partial charge in [-0.2, -0.15) is 0 Å². The second-order valence-electron chi connectivity index (χ2n) is 8.46. The molecular formula is C23H40N4O3. The first-order valence-corrected chi connectivity index (χ1v) is 11.8. The summed E-state index contributed by atoms with van der Waals surface area (Å²) in [5, 5.41) is 6.53. The molecule has 0 bridgehead atoms. The molecule has 0 aliphatic carbocycles. The first-order chi connectivity index (χ1) is 14.6. The summed E-state index contributed by atoms with van der Waals surface area (Å²) in [5.41, 5.74) is 0. The Balaban J connectivity index is 1.79. The van der Waals surface area contributed by atoms with E-state index >= 15 is 0 Å². The van der Waals surface area contributed by atoms with Gasteiger partial charge in [0.05, 0.1) is 6.54 Å². The topological polar surface area (TPSA) is 78.7 Å². The van der Waals surface area contributed by atoms with Crippen LogP contribution in [0.15, 0.2) is 10.6 Å². The van der Waals surface area contributed by atoms with Gasteiger partial charge in [-0.05, 0) is 39.3 Å². The minimum atomic E-state index is -0.227. The van der Waals surface area contributed by atoms with Crippen LogP contribution in [0, 0.1) is 6.92 Å². The molecule has 7 nitrogen and oxygen atoms in total. The SMILES string of the molecule is CCCCCCCCCC(=O)N(CCN1CCCCC1)CC(=O)Nc1cc(C)on1. The van der Waals surface area contributed by atoms with Gasteiger partial charge in [0.2, 0.25) is 11.8 Å². The number of aryl methyl sites for hydroxylation is 1. The molecule has 170 valence electrons. The number of aromatic nitrogens is 1. The summed E-state index contributed by atoms with van der Waals surface area (Å²) in [4.78, 5) is 29.4. The van der Waals surface area contributed by atoms with Crippen LogP contribution in [-0.4, -0.2) is 59.5 Å². The zero-order valence-corrected chi connectivity index (χ0v) is 19.0. The van der Waals surface area contributed by atoms with E-state index in [9.17, 15) is 9.59 Å². The van der Waals surface area contributed by atoms with E-state index in [4.69, 9.17) is 4.52 Å². The van der Waals surface area contributed by atoms with Crippen LogP contribution >= 0.6 is 0 Å². The van der Waals surface area contributed by atoms with Gasteiger partial charge in [-0.15, -0.1) is 0 Å². The van der Waals surface area contributed by atoms with Crippen molar-refractivity contribution in [1.82, 2.24) is 15.0 Å². The fourth-order valence-corrected chi connectivity index (χ4v) is 3.91. The Kier molecular flexibility index (Phi) is 11.5. The highest BCUT2D eigenvalue weighted by atomic mass is 16.5. The molecule has 1 aromatic heterocycles. The highest BCUT2D eigenvalue weighted by Gasteiger charge is 2.19. The minimum Gasteiger partial charge on any atom is -0.360 e. The number of amides is 2. The van der Waals surface area contributed by atoms with E-state index in [0.717, 1.165) is 32.5 Å². The van der Waals surface area contributed by atoms with Crippen molar-refractivity contribution in [3.63, 3.8) is 0 Å². The lowest BCUT2D eigenvalue weighted by atomic mass is 10.1. The van der Waals surface area contributed by atoms with Crippen molar-refractivity contribution < 1.29 is 14.1 Å². The van der Waals surface area contributed by atoms with E-state index in [0.29, 0.717) is 24.5 Å². The summed E-state index contributed by atoms with van der Waals surface area (Å²) in [6.07, 6.45) is 12.5. The molecule has 0 spiro atoms. The van der Waals surface area contributed by atoms with Gasteiger partial charge >= 0.3 is 0 Å². The minimum absolute atomic E-state index is 0.0646. The standard InChI is InChI=1S/C23H40N4O3/c1-3-4-5-6-7-8-10-13-23(29)27(17-16-26-14-11-9-12-15-26)19-22(28)24-21-18-20(2)30-25-21/h18H,3-17,19H2,1-2H3,(H,24,25,28). The van der Waals surface area contributed by atoms with E-state index in [-0.39, 0.29) is 18.4 Å². The molecule has 7 heteroatoms. The number of likely N-dealkylation sites (tertiary alicyclic amines) is 1. The van der Waals surface area contributed by atoms with E-state index in [2.05, 4.69) is 22.3 Å². The maximum absolute atomic E-state index is 12.8. The zero-order valence-electron chi connectivity index (χ0n) is 19.0. The van der Waals surface area contributed by atoms with Crippen LogP contribution in [0.3, 0.4) is 0 Å². The van der Waals surface area contributed by atoms with Crippen molar-refractivity contribution in [3.8, 4) is 0 Å². The Labute approximate surface area is 181 Å². The molecule has 1 fully saturated rings. The molecule has 0 atom stereocenters. The van der Waals surface area contributed by atoms with Gasteiger partial charge in [0.1, 0.15) is 5.76 Å². The first kappa shape index (κ1) is 24.4. The van der Waals surface area contributed by atoms with Crippen molar-refractivity contribution >= 4 is 17.6 Å². The largest absolute Gasteiger partial charge is 0.360 e. The number of carbonyl (C=O) groups excluding carboxylic acids is 2. The Morgan fingerprint density at radius 2 is 1.80 bits per heavy atom. The summed E-state index contributed by atoms with van der Waals surface area (Å²) in [5.74, 6) is 0.886. The average Bonchev–Trinajstić information content (AvgIpc) is 3.15. The van der Waals surface area contributed by atoms with Crippen LogP contribution in [0.4, 0.5) is 5.82 Å². The average molecular weight is 421 g/mol. The third-order valence-electron chi connectivity index (χ3n) is 5.71. The van der Waals surface area contributed by atoms with Crippen LogP contribution < -0.4 is 5.32 Å². The van der Waals surface area contributed by atoms with Gasteiger partial charge in [-0.1, -0.05) is 57.0 Å². The lowest BCUT2D eigenvalue weighted by Gasteiger charge is -2.30. The number of hydrogen-bond donors (Lipinski definition) is 1. The lowest BCUT2D eigenvalue weighted by Crippen LogP contribution is -2.43. The second kappa shape index (κ2) is 14.2. The van der Waals surface area contributed by atoms with Crippen molar-refractivity contribution in [2.24, 2.45) is 0 Å². The van der Waals surface area contributed by atoms with E-state index in [1.165, 1.54) is 51.4 Å². The fourth-order valence-electron chi connectivity index (χ4n) is 3.91. The van der Waals surface area contributed by atoms with Crippen molar-refractivity contribution in [2.75, 3.05) is 38.0 Å². The summed E-state index contributed by atoms with van der Waals surface area (Å²) in [6, 6.07) is 1.68. The van der Waals surface area contributed by atoms with Gasteiger partial charge in [0.15, 0.2) is 5.82 Å². The molecule has 0 unspecified atom stereocenters. The maximum atomic E-state index is 12.8. The number of rotatable bonds is 14. The molecule has 2 rings (SSSR count). The monoisotopic (exact) mass is 420 g/mol. The summed E-state index contributed by atoms with van der Waals surface area (Å²) in [6.45, 7) is 7.67. The van der Waals surface area contributed by atoms with Crippen LogP contribution in [-0.2, 0) is 9.59 Å². The number of piperidine rings is 1. The molecule has 30 heavy (non-hydrogen) atoms. The van der Waals surface area contributed by atoms with Gasteiger partial charge in [-0.3, -0.25) is 9.59 Å². The Hall–Kier alpha value is -1.89. The molecule has 0 saturated carbocycles. The smallest absolute Gasteiger partial charge is 0.245 e. The van der Waals surface area contributed by atoms with E-state index in [1.54, 1.807) is 17.9 Å². The molecule has 2 heterocycles. The Morgan fingerprint density at radius 1 is 1.10 bits per heavy atom.